The second-order valence-corrected chi connectivity index (χ2v) is 7.82. The Labute approximate surface area is 192 Å². The van der Waals surface area contributed by atoms with Gasteiger partial charge in [-0.05, 0) is 37.8 Å². The fraction of sp³-hybridized carbons (Fsp3) is 0.667. The van der Waals surface area contributed by atoms with Crippen molar-refractivity contribution >= 4 is 41.7 Å². The number of pyridine rings is 1. The van der Waals surface area contributed by atoms with Crippen molar-refractivity contribution in [2.75, 3.05) is 44.7 Å². The number of piperazine rings is 1. The zero-order chi connectivity index (χ0) is 20.4. The topological polar surface area (TPSA) is 72.9 Å². The molecule has 1 aliphatic heterocycles. The number of anilines is 1. The predicted molar refractivity (Wildman–Crippen MR) is 131 cm³/mol. The maximum absolute atomic E-state index is 12.5. The van der Waals surface area contributed by atoms with Crippen molar-refractivity contribution in [3.8, 4) is 0 Å². The highest BCUT2D eigenvalue weighted by atomic mass is 127. The number of rotatable bonds is 8. The molecule has 0 aromatic carbocycles. The number of carbonyl (C=O) groups is 1. The first-order chi connectivity index (χ1) is 13.5. The Morgan fingerprint density at radius 2 is 1.90 bits per heavy atom. The van der Waals surface area contributed by atoms with Gasteiger partial charge in [-0.2, -0.15) is 0 Å². The molecule has 8 heteroatoms. The van der Waals surface area contributed by atoms with E-state index in [0.29, 0.717) is 24.9 Å². The molecule has 1 amide bonds. The van der Waals surface area contributed by atoms with Gasteiger partial charge in [0.1, 0.15) is 5.82 Å². The summed E-state index contributed by atoms with van der Waals surface area (Å²) in [7, 11) is 1.77. The van der Waals surface area contributed by atoms with Crippen LogP contribution in [0.3, 0.4) is 0 Å². The number of carbonyl (C=O) groups excluding carboxylic acids is 1. The summed E-state index contributed by atoms with van der Waals surface area (Å²) < 4.78 is 0. The summed E-state index contributed by atoms with van der Waals surface area (Å²) in [5.41, 5.74) is 0. The Balaban J connectivity index is 0.00000420. The molecule has 1 aromatic heterocycles. The SMILES string of the molecule is CN=C(NCCC(=O)N1CCN(c2ccccn2)CC1)NC(C)CCC(C)C.I. The van der Waals surface area contributed by atoms with Crippen LogP contribution in [0.15, 0.2) is 29.4 Å². The molecule has 1 unspecified atom stereocenters. The van der Waals surface area contributed by atoms with Crippen LogP contribution < -0.4 is 15.5 Å². The Hall–Kier alpha value is -1.58. The van der Waals surface area contributed by atoms with Crippen LogP contribution >= 0.6 is 24.0 Å². The van der Waals surface area contributed by atoms with Crippen molar-refractivity contribution in [2.24, 2.45) is 10.9 Å². The van der Waals surface area contributed by atoms with E-state index in [1.807, 2.05) is 29.3 Å². The van der Waals surface area contributed by atoms with Crippen molar-refractivity contribution in [3.63, 3.8) is 0 Å². The van der Waals surface area contributed by atoms with Crippen LogP contribution in [0.25, 0.3) is 0 Å². The van der Waals surface area contributed by atoms with Gasteiger partial charge in [-0.25, -0.2) is 4.98 Å². The van der Waals surface area contributed by atoms with Crippen molar-refractivity contribution in [2.45, 2.75) is 46.1 Å². The second-order valence-electron chi connectivity index (χ2n) is 7.82. The first-order valence-electron chi connectivity index (χ1n) is 10.4. The lowest BCUT2D eigenvalue weighted by atomic mass is 10.0. The number of hydrogen-bond acceptors (Lipinski definition) is 4. The standard InChI is InChI=1S/C21H36N6O.HI/c1-17(2)8-9-18(3)25-21(22-4)24-12-10-20(28)27-15-13-26(14-16-27)19-7-5-6-11-23-19;/h5-7,11,17-18H,8-10,12-16H2,1-4H3,(H2,22,24,25);1H. The van der Waals surface area contributed by atoms with Gasteiger partial charge < -0.3 is 20.4 Å². The van der Waals surface area contributed by atoms with E-state index in [1.165, 1.54) is 6.42 Å². The van der Waals surface area contributed by atoms with Gasteiger partial charge in [0, 0.05) is 58.4 Å². The molecule has 0 spiro atoms. The van der Waals surface area contributed by atoms with E-state index in [0.717, 1.165) is 44.4 Å². The molecule has 1 aliphatic rings. The molecule has 2 N–H and O–H groups in total. The van der Waals surface area contributed by atoms with Gasteiger partial charge in [0.05, 0.1) is 0 Å². The van der Waals surface area contributed by atoms with Crippen molar-refractivity contribution in [3.05, 3.63) is 24.4 Å². The molecule has 29 heavy (non-hydrogen) atoms. The smallest absolute Gasteiger partial charge is 0.224 e. The van der Waals surface area contributed by atoms with Gasteiger partial charge in [0.2, 0.25) is 5.91 Å². The van der Waals surface area contributed by atoms with E-state index in [-0.39, 0.29) is 29.9 Å². The first kappa shape index (κ1) is 25.5. The third-order valence-electron chi connectivity index (χ3n) is 5.02. The average molecular weight is 516 g/mol. The number of amides is 1. The predicted octanol–water partition coefficient (Wildman–Crippen LogP) is 2.73. The van der Waals surface area contributed by atoms with E-state index in [4.69, 9.17) is 0 Å². The van der Waals surface area contributed by atoms with E-state index in [1.54, 1.807) is 7.05 Å². The minimum atomic E-state index is 0. The van der Waals surface area contributed by atoms with Crippen molar-refractivity contribution < 1.29 is 4.79 Å². The van der Waals surface area contributed by atoms with Gasteiger partial charge in [0.25, 0.3) is 0 Å². The summed E-state index contributed by atoms with van der Waals surface area (Å²) in [4.78, 5) is 25.3. The highest BCUT2D eigenvalue weighted by Crippen LogP contribution is 2.13. The Morgan fingerprint density at radius 1 is 1.17 bits per heavy atom. The van der Waals surface area contributed by atoms with Gasteiger partial charge >= 0.3 is 0 Å². The molecular formula is C21H37IN6O. The molecule has 1 aromatic rings. The molecular weight excluding hydrogens is 479 g/mol. The Kier molecular flexibility index (Phi) is 11.9. The molecule has 7 nitrogen and oxygen atoms in total. The molecule has 0 aliphatic carbocycles. The van der Waals surface area contributed by atoms with E-state index in [2.05, 4.69) is 46.3 Å². The highest BCUT2D eigenvalue weighted by Gasteiger charge is 2.21. The van der Waals surface area contributed by atoms with Crippen LogP contribution in [0.4, 0.5) is 5.82 Å². The maximum atomic E-state index is 12.5. The van der Waals surface area contributed by atoms with Crippen LogP contribution in [0, 0.1) is 5.92 Å². The largest absolute Gasteiger partial charge is 0.356 e. The summed E-state index contributed by atoms with van der Waals surface area (Å²) in [6, 6.07) is 6.30. The number of aliphatic imine (C=N–C) groups is 1. The minimum Gasteiger partial charge on any atom is -0.356 e. The maximum Gasteiger partial charge on any atom is 0.224 e. The van der Waals surface area contributed by atoms with Gasteiger partial charge in [0.15, 0.2) is 5.96 Å². The lowest BCUT2D eigenvalue weighted by Gasteiger charge is -2.35. The third kappa shape index (κ3) is 9.18. The third-order valence-corrected chi connectivity index (χ3v) is 5.02. The molecule has 2 heterocycles. The van der Waals surface area contributed by atoms with Crippen molar-refractivity contribution in [1.82, 2.24) is 20.5 Å². The molecule has 0 saturated carbocycles. The Bertz CT molecular complexity index is 617. The minimum absolute atomic E-state index is 0. The number of aromatic nitrogens is 1. The van der Waals surface area contributed by atoms with Gasteiger partial charge in [-0.1, -0.05) is 19.9 Å². The number of guanidine groups is 1. The number of nitrogens with zero attached hydrogens (tertiary/aromatic N) is 4. The molecule has 0 bridgehead atoms. The molecule has 164 valence electrons. The fourth-order valence-corrected chi connectivity index (χ4v) is 3.26. The fourth-order valence-electron chi connectivity index (χ4n) is 3.26. The van der Waals surface area contributed by atoms with Gasteiger partial charge in [-0.3, -0.25) is 9.79 Å². The quantitative estimate of drug-likeness (QED) is 0.316. The number of nitrogens with one attached hydrogen (secondary N) is 2. The molecule has 1 saturated heterocycles. The number of hydrogen-bond donors (Lipinski definition) is 2. The van der Waals surface area contributed by atoms with E-state index >= 15 is 0 Å². The summed E-state index contributed by atoms with van der Waals surface area (Å²) in [6.45, 7) is 10.4. The van der Waals surface area contributed by atoms with Crippen LogP contribution in [-0.4, -0.2) is 67.6 Å². The summed E-state index contributed by atoms with van der Waals surface area (Å²) in [5, 5.41) is 6.66. The lowest BCUT2D eigenvalue weighted by molar-refractivity contribution is -0.131. The first-order valence-corrected chi connectivity index (χ1v) is 10.4. The zero-order valence-electron chi connectivity index (χ0n) is 18.2. The van der Waals surface area contributed by atoms with Gasteiger partial charge in [-0.15, -0.1) is 24.0 Å². The van der Waals surface area contributed by atoms with Crippen molar-refractivity contribution in [1.29, 1.82) is 0 Å². The van der Waals surface area contributed by atoms with Crippen LogP contribution in [0.5, 0.6) is 0 Å². The average Bonchev–Trinajstić information content (AvgIpc) is 2.72. The summed E-state index contributed by atoms with van der Waals surface area (Å²) in [5.74, 6) is 2.65. The van der Waals surface area contributed by atoms with Crippen LogP contribution in [0.2, 0.25) is 0 Å². The zero-order valence-corrected chi connectivity index (χ0v) is 20.6. The van der Waals surface area contributed by atoms with Crippen LogP contribution in [0.1, 0.15) is 40.0 Å². The van der Waals surface area contributed by atoms with E-state index in [9.17, 15) is 4.79 Å². The summed E-state index contributed by atoms with van der Waals surface area (Å²) >= 11 is 0. The normalized spacial score (nSPS) is 15.7. The number of halogens is 1. The molecule has 1 atom stereocenters. The Morgan fingerprint density at radius 3 is 2.48 bits per heavy atom. The lowest BCUT2D eigenvalue weighted by Crippen LogP contribution is -2.50. The molecule has 2 rings (SSSR count). The molecule has 1 fully saturated rings. The highest BCUT2D eigenvalue weighted by molar-refractivity contribution is 14.0. The molecule has 0 radical (unpaired) electrons. The van der Waals surface area contributed by atoms with E-state index < -0.39 is 0 Å². The monoisotopic (exact) mass is 516 g/mol. The van der Waals surface area contributed by atoms with Crippen LogP contribution in [-0.2, 0) is 4.79 Å². The second kappa shape index (κ2) is 13.6. The summed E-state index contributed by atoms with van der Waals surface area (Å²) in [6.07, 6.45) is 4.58.